The van der Waals surface area contributed by atoms with Gasteiger partial charge in [0.1, 0.15) is 18.2 Å². The lowest BCUT2D eigenvalue weighted by atomic mass is 9.98. The molecule has 1 aliphatic rings. The second kappa shape index (κ2) is 8.93. The summed E-state index contributed by atoms with van der Waals surface area (Å²) in [6, 6.07) is 9.88. The fourth-order valence-corrected chi connectivity index (χ4v) is 3.69. The molecule has 0 aliphatic carbocycles. The molecule has 1 aromatic heterocycles. The molecular weight excluding hydrogens is 390 g/mol. The Hall–Kier alpha value is -2.77. The molecule has 30 heavy (non-hydrogen) atoms. The quantitative estimate of drug-likeness (QED) is 0.575. The summed E-state index contributed by atoms with van der Waals surface area (Å²) in [7, 11) is 1.61. The second-order valence-corrected chi connectivity index (χ2v) is 7.35. The van der Waals surface area contributed by atoms with E-state index in [0.29, 0.717) is 13.0 Å². The van der Waals surface area contributed by atoms with Crippen molar-refractivity contribution in [1.29, 1.82) is 0 Å². The number of ether oxygens (including phenoxy) is 3. The molecule has 0 N–H and O–H groups in total. The second-order valence-electron chi connectivity index (χ2n) is 7.35. The van der Waals surface area contributed by atoms with Gasteiger partial charge in [0.15, 0.2) is 11.6 Å². The highest BCUT2D eigenvalue weighted by Crippen LogP contribution is 2.35. The van der Waals surface area contributed by atoms with E-state index < -0.39 is 17.7 Å². The molecule has 0 spiro atoms. The first-order valence-corrected chi connectivity index (χ1v) is 9.90. The highest BCUT2D eigenvalue weighted by molar-refractivity contribution is 5.37. The maximum atomic E-state index is 15.0. The Morgan fingerprint density at radius 1 is 1.20 bits per heavy atom. The standard InChI is InChI=1S/C23H24F2N2O3/c1-15-26-8-9-27(15)18-5-3-16(4-6-18)14-30-22-12-17(24)11-20(23(22)25)21-13-19(28-2)7-10-29-21/h3-6,8-9,11-12,19,21H,7,10,13-14H2,1-2H3. The third kappa shape index (κ3) is 4.37. The molecule has 2 aromatic carbocycles. The van der Waals surface area contributed by atoms with Crippen molar-refractivity contribution in [2.24, 2.45) is 0 Å². The third-order valence-corrected chi connectivity index (χ3v) is 5.38. The molecule has 1 saturated heterocycles. The Labute approximate surface area is 174 Å². The summed E-state index contributed by atoms with van der Waals surface area (Å²) in [5.74, 6) is -0.393. The zero-order valence-corrected chi connectivity index (χ0v) is 17.0. The van der Waals surface area contributed by atoms with E-state index in [1.807, 2.05) is 42.0 Å². The number of imidazole rings is 1. The molecule has 4 rings (SSSR count). The normalized spacial score (nSPS) is 19.1. The minimum atomic E-state index is -0.594. The molecule has 0 radical (unpaired) electrons. The van der Waals surface area contributed by atoms with E-state index in [9.17, 15) is 4.39 Å². The van der Waals surface area contributed by atoms with Crippen LogP contribution in [0.1, 0.15) is 35.9 Å². The van der Waals surface area contributed by atoms with Gasteiger partial charge in [-0.2, -0.15) is 0 Å². The van der Waals surface area contributed by atoms with Crippen molar-refractivity contribution in [2.45, 2.75) is 38.6 Å². The number of hydrogen-bond donors (Lipinski definition) is 0. The summed E-state index contributed by atoms with van der Waals surface area (Å²) >= 11 is 0. The lowest BCUT2D eigenvalue weighted by Crippen LogP contribution is -2.26. The molecule has 0 saturated carbocycles. The molecule has 1 fully saturated rings. The zero-order valence-electron chi connectivity index (χ0n) is 17.0. The maximum Gasteiger partial charge on any atom is 0.171 e. The van der Waals surface area contributed by atoms with E-state index >= 15 is 4.39 Å². The number of halogens is 2. The zero-order chi connectivity index (χ0) is 21.1. The molecule has 2 atom stereocenters. The predicted octanol–water partition coefficient (Wildman–Crippen LogP) is 4.90. The first kappa shape index (κ1) is 20.5. The van der Waals surface area contributed by atoms with Gasteiger partial charge in [0.05, 0.1) is 12.2 Å². The first-order valence-electron chi connectivity index (χ1n) is 9.90. The first-order chi connectivity index (χ1) is 14.5. The number of benzene rings is 2. The van der Waals surface area contributed by atoms with Crippen LogP contribution in [0.25, 0.3) is 5.69 Å². The molecule has 2 heterocycles. The van der Waals surface area contributed by atoms with Gasteiger partial charge < -0.3 is 18.8 Å². The highest BCUT2D eigenvalue weighted by atomic mass is 19.1. The third-order valence-electron chi connectivity index (χ3n) is 5.38. The van der Waals surface area contributed by atoms with Gasteiger partial charge in [-0.15, -0.1) is 0 Å². The number of aryl methyl sites for hydroxylation is 1. The average molecular weight is 414 g/mol. The number of nitrogens with zero attached hydrogens (tertiary/aromatic N) is 2. The van der Waals surface area contributed by atoms with Crippen LogP contribution in [0.4, 0.5) is 8.78 Å². The Morgan fingerprint density at radius 2 is 2.00 bits per heavy atom. The Kier molecular flexibility index (Phi) is 6.11. The van der Waals surface area contributed by atoms with Crippen LogP contribution in [0.15, 0.2) is 48.8 Å². The average Bonchev–Trinajstić information content (AvgIpc) is 3.20. The fraction of sp³-hybridized carbons (Fsp3) is 0.348. The molecule has 1 aliphatic heterocycles. The topological polar surface area (TPSA) is 45.5 Å². The lowest BCUT2D eigenvalue weighted by molar-refractivity contribution is -0.0613. The van der Waals surface area contributed by atoms with Gasteiger partial charge in [-0.05, 0) is 37.1 Å². The van der Waals surface area contributed by atoms with Gasteiger partial charge in [-0.3, -0.25) is 0 Å². The molecule has 3 aromatic rings. The number of methoxy groups -OCH3 is 1. The van der Waals surface area contributed by atoms with E-state index in [-0.39, 0.29) is 24.0 Å². The summed E-state index contributed by atoms with van der Waals surface area (Å²) in [6.07, 6.45) is 4.24. The van der Waals surface area contributed by atoms with Crippen LogP contribution in [0, 0.1) is 18.6 Å². The van der Waals surface area contributed by atoms with Crippen LogP contribution in [-0.2, 0) is 16.1 Å². The van der Waals surface area contributed by atoms with E-state index in [4.69, 9.17) is 14.2 Å². The van der Waals surface area contributed by atoms with E-state index in [0.717, 1.165) is 29.6 Å². The van der Waals surface area contributed by atoms with E-state index in [1.54, 1.807) is 13.3 Å². The van der Waals surface area contributed by atoms with Crippen molar-refractivity contribution < 1.29 is 23.0 Å². The van der Waals surface area contributed by atoms with Crippen molar-refractivity contribution >= 4 is 0 Å². The summed E-state index contributed by atoms with van der Waals surface area (Å²) < 4.78 is 47.8. The molecule has 0 amide bonds. The van der Waals surface area contributed by atoms with E-state index in [2.05, 4.69) is 4.98 Å². The SMILES string of the molecule is COC1CCOC(c2cc(F)cc(OCc3ccc(-n4ccnc4C)cc3)c2F)C1. The predicted molar refractivity (Wildman–Crippen MR) is 108 cm³/mol. The number of hydrogen-bond acceptors (Lipinski definition) is 4. The highest BCUT2D eigenvalue weighted by Gasteiger charge is 2.28. The van der Waals surface area contributed by atoms with Gasteiger partial charge in [-0.1, -0.05) is 12.1 Å². The lowest BCUT2D eigenvalue weighted by Gasteiger charge is -2.29. The van der Waals surface area contributed by atoms with Gasteiger partial charge in [0.2, 0.25) is 0 Å². The van der Waals surface area contributed by atoms with Gasteiger partial charge in [0, 0.05) is 49.8 Å². The van der Waals surface area contributed by atoms with Crippen LogP contribution in [0.2, 0.25) is 0 Å². The minimum Gasteiger partial charge on any atom is -0.486 e. The Bertz CT molecular complexity index is 1000. The molecule has 2 unspecified atom stereocenters. The summed E-state index contributed by atoms with van der Waals surface area (Å²) in [6.45, 7) is 2.49. The maximum absolute atomic E-state index is 15.0. The Balaban J connectivity index is 1.48. The van der Waals surface area contributed by atoms with Crippen molar-refractivity contribution in [1.82, 2.24) is 9.55 Å². The molecular formula is C23H24F2N2O3. The molecule has 158 valence electrons. The van der Waals surface area contributed by atoms with E-state index in [1.165, 1.54) is 6.07 Å². The molecule has 5 nitrogen and oxygen atoms in total. The summed E-state index contributed by atoms with van der Waals surface area (Å²) in [5, 5.41) is 0. The summed E-state index contributed by atoms with van der Waals surface area (Å²) in [5.41, 5.74) is 1.97. The van der Waals surface area contributed by atoms with Gasteiger partial charge in [-0.25, -0.2) is 13.8 Å². The fourth-order valence-electron chi connectivity index (χ4n) is 3.69. The van der Waals surface area contributed by atoms with Crippen LogP contribution in [-0.4, -0.2) is 29.4 Å². The van der Waals surface area contributed by atoms with Crippen molar-refractivity contribution in [2.75, 3.05) is 13.7 Å². The van der Waals surface area contributed by atoms with Gasteiger partial charge in [0.25, 0.3) is 0 Å². The summed E-state index contributed by atoms with van der Waals surface area (Å²) in [4.78, 5) is 4.21. The monoisotopic (exact) mass is 414 g/mol. The van der Waals surface area contributed by atoms with Crippen LogP contribution >= 0.6 is 0 Å². The van der Waals surface area contributed by atoms with Crippen molar-refractivity contribution in [3.8, 4) is 11.4 Å². The van der Waals surface area contributed by atoms with Crippen LogP contribution < -0.4 is 4.74 Å². The molecule has 7 heteroatoms. The van der Waals surface area contributed by atoms with Crippen LogP contribution in [0.3, 0.4) is 0 Å². The van der Waals surface area contributed by atoms with Crippen LogP contribution in [0.5, 0.6) is 5.75 Å². The number of aromatic nitrogens is 2. The number of rotatable bonds is 6. The molecule has 0 bridgehead atoms. The van der Waals surface area contributed by atoms with Crippen molar-refractivity contribution in [3.05, 3.63) is 77.4 Å². The van der Waals surface area contributed by atoms with Crippen molar-refractivity contribution in [3.63, 3.8) is 0 Å². The smallest absolute Gasteiger partial charge is 0.171 e. The van der Waals surface area contributed by atoms with Gasteiger partial charge >= 0.3 is 0 Å². The largest absolute Gasteiger partial charge is 0.486 e. The minimum absolute atomic E-state index is 0.0339. The Morgan fingerprint density at radius 3 is 2.70 bits per heavy atom.